The minimum atomic E-state index is 0. The molecule has 0 atom stereocenters. The number of benzene rings is 1. The number of hydrogen-bond acceptors (Lipinski definition) is 2. The maximum atomic E-state index is 6.32. The molecule has 1 aromatic heterocycles. The molecular weight excluding hydrogens is 273 g/mol. The van der Waals surface area contributed by atoms with Gasteiger partial charge in [-0.3, -0.25) is 0 Å². The average Bonchev–Trinajstić information content (AvgIpc) is 2.46. The van der Waals surface area contributed by atoms with E-state index in [1.807, 2.05) is 17.4 Å². The van der Waals surface area contributed by atoms with Gasteiger partial charge >= 0.3 is 0 Å². The van der Waals surface area contributed by atoms with E-state index in [1.54, 1.807) is 0 Å². The quantitative estimate of drug-likeness (QED) is 0.699. The summed E-state index contributed by atoms with van der Waals surface area (Å²) < 4.78 is 1.39. The fourth-order valence-corrected chi connectivity index (χ4v) is 3.86. The van der Waals surface area contributed by atoms with E-state index in [2.05, 4.69) is 24.9 Å². The Hall–Kier alpha value is -0.280. The zero-order valence-corrected chi connectivity index (χ0v) is 12.3. The van der Waals surface area contributed by atoms with Crippen LogP contribution in [-0.4, -0.2) is 18.5 Å². The molecule has 0 spiro atoms. The highest BCUT2D eigenvalue weighted by Gasteiger charge is 2.19. The molecular formula is C13H15Cl2NS. The maximum absolute atomic E-state index is 6.32. The Morgan fingerprint density at radius 2 is 2.06 bits per heavy atom. The van der Waals surface area contributed by atoms with E-state index in [9.17, 15) is 0 Å². The van der Waals surface area contributed by atoms with E-state index in [0.29, 0.717) is 0 Å². The van der Waals surface area contributed by atoms with Crippen LogP contribution in [0.3, 0.4) is 0 Å². The normalized spacial score (nSPS) is 15.7. The molecule has 1 aromatic carbocycles. The van der Waals surface area contributed by atoms with Crippen LogP contribution in [0, 0.1) is 6.92 Å². The lowest BCUT2D eigenvalue weighted by Gasteiger charge is -2.13. The Labute approximate surface area is 117 Å². The molecule has 2 aromatic rings. The first kappa shape index (κ1) is 13.2. The molecule has 0 saturated carbocycles. The number of thiophene rings is 1. The van der Waals surface area contributed by atoms with E-state index >= 15 is 0 Å². The second-order valence-electron chi connectivity index (χ2n) is 4.52. The van der Waals surface area contributed by atoms with Gasteiger partial charge in [-0.2, -0.15) is 0 Å². The van der Waals surface area contributed by atoms with Crippen molar-refractivity contribution in [2.75, 3.05) is 13.6 Å². The molecule has 0 bridgehead atoms. The standard InChI is InChI=1S/C13H14ClNS.ClH/c1-8-10-7-15(2)6-5-9-11(14)3-4-12(16-8)13(9)10;/h3-4H,5-7H2,1-2H3;1H. The Kier molecular flexibility index (Phi) is 3.69. The van der Waals surface area contributed by atoms with Gasteiger partial charge in [-0.1, -0.05) is 11.6 Å². The van der Waals surface area contributed by atoms with Gasteiger partial charge in [0.15, 0.2) is 0 Å². The molecule has 0 radical (unpaired) electrons. The minimum absolute atomic E-state index is 0. The van der Waals surface area contributed by atoms with Crippen molar-refractivity contribution in [3.8, 4) is 0 Å². The lowest BCUT2D eigenvalue weighted by Crippen LogP contribution is -2.18. The molecule has 2 heterocycles. The van der Waals surface area contributed by atoms with Crippen LogP contribution in [0.2, 0.25) is 5.02 Å². The van der Waals surface area contributed by atoms with Gasteiger partial charge in [0.2, 0.25) is 0 Å². The summed E-state index contributed by atoms with van der Waals surface area (Å²) in [5.41, 5.74) is 2.83. The van der Waals surface area contributed by atoms with E-state index in [1.165, 1.54) is 26.1 Å². The Bertz CT molecular complexity index is 562. The van der Waals surface area contributed by atoms with Crippen molar-refractivity contribution in [3.05, 3.63) is 33.2 Å². The van der Waals surface area contributed by atoms with Crippen LogP contribution in [-0.2, 0) is 13.0 Å². The molecule has 92 valence electrons. The third-order valence-corrected chi connectivity index (χ3v) is 4.85. The van der Waals surface area contributed by atoms with Crippen LogP contribution in [0.5, 0.6) is 0 Å². The summed E-state index contributed by atoms with van der Waals surface area (Å²) >= 11 is 8.22. The molecule has 0 amide bonds. The number of hydrogen-bond donors (Lipinski definition) is 0. The van der Waals surface area contributed by atoms with Crippen LogP contribution in [0.4, 0.5) is 0 Å². The average molecular weight is 288 g/mol. The van der Waals surface area contributed by atoms with Crippen LogP contribution >= 0.6 is 35.3 Å². The first-order chi connectivity index (χ1) is 7.66. The second kappa shape index (κ2) is 4.77. The molecule has 0 aliphatic carbocycles. The summed E-state index contributed by atoms with van der Waals surface area (Å²) in [6, 6.07) is 4.21. The van der Waals surface area contributed by atoms with E-state index in [-0.39, 0.29) is 12.4 Å². The third kappa shape index (κ3) is 2.08. The summed E-state index contributed by atoms with van der Waals surface area (Å²) in [6.45, 7) is 4.37. The van der Waals surface area contributed by atoms with Crippen LogP contribution in [0.15, 0.2) is 12.1 Å². The van der Waals surface area contributed by atoms with Crippen molar-refractivity contribution >= 4 is 45.4 Å². The molecule has 0 saturated heterocycles. The monoisotopic (exact) mass is 287 g/mol. The predicted molar refractivity (Wildman–Crippen MR) is 78.9 cm³/mol. The summed E-state index contributed by atoms with van der Waals surface area (Å²) in [4.78, 5) is 3.82. The summed E-state index contributed by atoms with van der Waals surface area (Å²) in [6.07, 6.45) is 1.07. The largest absolute Gasteiger partial charge is 0.302 e. The van der Waals surface area contributed by atoms with Gasteiger partial charge in [-0.05, 0) is 43.7 Å². The third-order valence-electron chi connectivity index (χ3n) is 3.38. The summed E-state index contributed by atoms with van der Waals surface area (Å²) in [5, 5.41) is 2.36. The zero-order chi connectivity index (χ0) is 11.3. The lowest BCUT2D eigenvalue weighted by atomic mass is 10.0. The highest BCUT2D eigenvalue weighted by molar-refractivity contribution is 7.19. The summed E-state index contributed by atoms with van der Waals surface area (Å²) in [7, 11) is 2.18. The van der Waals surface area contributed by atoms with E-state index in [0.717, 1.165) is 24.5 Å². The highest BCUT2D eigenvalue weighted by Crippen LogP contribution is 2.38. The van der Waals surface area contributed by atoms with Crippen molar-refractivity contribution in [1.82, 2.24) is 4.90 Å². The first-order valence-electron chi connectivity index (χ1n) is 5.54. The smallest absolute Gasteiger partial charge is 0.0445 e. The van der Waals surface area contributed by atoms with Crippen LogP contribution in [0.1, 0.15) is 16.0 Å². The predicted octanol–water partition coefficient (Wildman–Crippen LogP) is 4.27. The SMILES string of the molecule is Cc1sc2ccc(Cl)c3c2c1CN(C)CC3.Cl. The van der Waals surface area contributed by atoms with Crippen molar-refractivity contribution in [3.63, 3.8) is 0 Å². The topological polar surface area (TPSA) is 3.24 Å². The van der Waals surface area contributed by atoms with Gasteiger partial charge in [0.1, 0.15) is 0 Å². The Morgan fingerprint density at radius 1 is 1.29 bits per heavy atom. The maximum Gasteiger partial charge on any atom is 0.0445 e. The number of aryl methyl sites for hydroxylation is 1. The first-order valence-corrected chi connectivity index (χ1v) is 6.74. The van der Waals surface area contributed by atoms with E-state index < -0.39 is 0 Å². The minimum Gasteiger partial charge on any atom is -0.302 e. The molecule has 4 heteroatoms. The second-order valence-corrected chi connectivity index (χ2v) is 6.19. The van der Waals surface area contributed by atoms with Crippen molar-refractivity contribution in [2.45, 2.75) is 19.9 Å². The highest BCUT2D eigenvalue weighted by atomic mass is 35.5. The molecule has 0 N–H and O–H groups in total. The number of likely N-dealkylation sites (N-methyl/N-ethyl adjacent to an activating group) is 1. The Morgan fingerprint density at radius 3 is 2.82 bits per heavy atom. The summed E-state index contributed by atoms with van der Waals surface area (Å²) in [5.74, 6) is 0. The molecule has 1 aliphatic rings. The molecule has 3 rings (SSSR count). The van der Waals surface area contributed by atoms with Crippen LogP contribution in [0.25, 0.3) is 10.1 Å². The van der Waals surface area contributed by atoms with E-state index in [4.69, 9.17) is 11.6 Å². The fourth-order valence-electron chi connectivity index (χ4n) is 2.51. The van der Waals surface area contributed by atoms with Crippen molar-refractivity contribution in [1.29, 1.82) is 0 Å². The number of rotatable bonds is 0. The number of nitrogens with zero attached hydrogens (tertiary/aromatic N) is 1. The molecule has 0 unspecified atom stereocenters. The lowest BCUT2D eigenvalue weighted by molar-refractivity contribution is 0.336. The van der Waals surface area contributed by atoms with Gasteiger partial charge in [-0.25, -0.2) is 0 Å². The molecule has 1 nitrogen and oxygen atoms in total. The molecule has 0 fully saturated rings. The van der Waals surface area contributed by atoms with Crippen molar-refractivity contribution < 1.29 is 0 Å². The van der Waals surface area contributed by atoms with Gasteiger partial charge in [0, 0.05) is 33.1 Å². The van der Waals surface area contributed by atoms with Gasteiger partial charge in [-0.15, -0.1) is 23.7 Å². The molecule has 17 heavy (non-hydrogen) atoms. The number of halogens is 2. The fraction of sp³-hybridized carbons (Fsp3) is 0.385. The van der Waals surface area contributed by atoms with Crippen LogP contribution < -0.4 is 0 Å². The van der Waals surface area contributed by atoms with Gasteiger partial charge in [0.25, 0.3) is 0 Å². The van der Waals surface area contributed by atoms with Gasteiger partial charge < -0.3 is 4.90 Å². The Balaban J connectivity index is 0.00000108. The zero-order valence-electron chi connectivity index (χ0n) is 9.92. The molecule has 1 aliphatic heterocycles. The van der Waals surface area contributed by atoms with Crippen molar-refractivity contribution in [2.24, 2.45) is 0 Å². The van der Waals surface area contributed by atoms with Gasteiger partial charge in [0.05, 0.1) is 0 Å².